The summed E-state index contributed by atoms with van der Waals surface area (Å²) in [6, 6.07) is 10.3. The maximum absolute atomic E-state index is 12.4. The lowest BCUT2D eigenvalue weighted by Crippen LogP contribution is -2.49. The van der Waals surface area contributed by atoms with Crippen molar-refractivity contribution in [3.8, 4) is 0 Å². The Hall–Kier alpha value is -2.63. The number of nitrogens with zero attached hydrogens (tertiary/aromatic N) is 4. The number of hydrogen-bond donors (Lipinski definition) is 1. The minimum absolute atomic E-state index is 0.199. The summed E-state index contributed by atoms with van der Waals surface area (Å²) in [5, 5.41) is 3.34. The van der Waals surface area contributed by atoms with Gasteiger partial charge in [-0.3, -0.25) is 4.79 Å². The number of carbonyl (C=O) groups excluding carboxylic acids is 1. The second-order valence-corrected chi connectivity index (χ2v) is 6.87. The first kappa shape index (κ1) is 18.2. The summed E-state index contributed by atoms with van der Waals surface area (Å²) in [6.07, 6.45) is 4.01. The molecule has 0 saturated carbocycles. The Kier molecular flexibility index (Phi) is 6.04. The van der Waals surface area contributed by atoms with Gasteiger partial charge in [-0.2, -0.15) is 0 Å². The fourth-order valence-electron chi connectivity index (χ4n) is 3.07. The van der Waals surface area contributed by atoms with Crippen LogP contribution in [0.5, 0.6) is 0 Å². The average molecular weight is 353 g/mol. The first-order chi connectivity index (χ1) is 12.6. The van der Waals surface area contributed by atoms with Crippen LogP contribution in [0.2, 0.25) is 0 Å². The van der Waals surface area contributed by atoms with Crippen molar-refractivity contribution in [3.05, 3.63) is 48.3 Å². The zero-order chi connectivity index (χ0) is 18.4. The molecule has 2 aromatic rings. The third-order valence-corrected chi connectivity index (χ3v) is 4.71. The predicted octanol–water partition coefficient (Wildman–Crippen LogP) is 2.75. The third-order valence-electron chi connectivity index (χ3n) is 4.71. The first-order valence-electron chi connectivity index (χ1n) is 9.27. The molecule has 1 saturated heterocycles. The molecule has 0 bridgehead atoms. The number of benzene rings is 1. The maximum Gasteiger partial charge on any atom is 0.225 e. The Morgan fingerprint density at radius 1 is 1.08 bits per heavy atom. The third kappa shape index (κ3) is 4.71. The van der Waals surface area contributed by atoms with Gasteiger partial charge < -0.3 is 15.1 Å². The number of anilines is 2. The summed E-state index contributed by atoms with van der Waals surface area (Å²) < 4.78 is 0. The van der Waals surface area contributed by atoms with Crippen molar-refractivity contribution in [2.45, 2.75) is 26.2 Å². The van der Waals surface area contributed by atoms with Gasteiger partial charge in [0.2, 0.25) is 11.9 Å². The van der Waals surface area contributed by atoms with E-state index < -0.39 is 0 Å². The molecule has 0 aliphatic carbocycles. The zero-order valence-corrected chi connectivity index (χ0v) is 15.6. The Morgan fingerprint density at radius 3 is 2.35 bits per heavy atom. The Bertz CT molecular complexity index is 694. The summed E-state index contributed by atoms with van der Waals surface area (Å²) in [6.45, 7) is 8.03. The Morgan fingerprint density at radius 2 is 1.73 bits per heavy atom. The summed E-state index contributed by atoms with van der Waals surface area (Å²) in [5.41, 5.74) is 2.39. The summed E-state index contributed by atoms with van der Waals surface area (Å²) in [5.74, 6) is 1.47. The number of rotatable bonds is 6. The van der Waals surface area contributed by atoms with Crippen molar-refractivity contribution in [1.29, 1.82) is 0 Å². The van der Waals surface area contributed by atoms with Gasteiger partial charge in [0.05, 0.1) is 0 Å². The molecule has 138 valence electrons. The van der Waals surface area contributed by atoms with E-state index >= 15 is 0 Å². The molecule has 6 heteroatoms. The van der Waals surface area contributed by atoms with E-state index in [4.69, 9.17) is 0 Å². The van der Waals surface area contributed by atoms with Crippen LogP contribution >= 0.6 is 0 Å². The number of aromatic nitrogens is 2. The van der Waals surface area contributed by atoms with Crippen LogP contribution in [0.15, 0.2) is 42.7 Å². The lowest BCUT2D eigenvalue weighted by atomic mass is 10.0. The van der Waals surface area contributed by atoms with Crippen LogP contribution < -0.4 is 10.2 Å². The lowest BCUT2D eigenvalue weighted by Gasteiger charge is -2.34. The second kappa shape index (κ2) is 8.65. The topological polar surface area (TPSA) is 61.4 Å². The highest BCUT2D eigenvalue weighted by molar-refractivity contribution is 5.77. The van der Waals surface area contributed by atoms with Crippen molar-refractivity contribution >= 4 is 17.5 Å². The quantitative estimate of drug-likeness (QED) is 0.865. The van der Waals surface area contributed by atoms with Gasteiger partial charge in [-0.15, -0.1) is 0 Å². The van der Waals surface area contributed by atoms with Crippen LogP contribution in [-0.4, -0.2) is 53.5 Å². The largest absolute Gasteiger partial charge is 0.385 e. The van der Waals surface area contributed by atoms with Gasteiger partial charge in [0.15, 0.2) is 0 Å². The highest BCUT2D eigenvalue weighted by atomic mass is 16.2. The molecule has 26 heavy (non-hydrogen) atoms. The molecule has 0 atom stereocenters. The first-order valence-corrected chi connectivity index (χ1v) is 9.27. The Labute approximate surface area is 155 Å². The Balaban J connectivity index is 1.40. The molecule has 6 nitrogen and oxygen atoms in total. The molecule has 1 aliphatic heterocycles. The van der Waals surface area contributed by atoms with Crippen LogP contribution in [0.4, 0.5) is 11.6 Å². The number of nitrogens with one attached hydrogen (secondary N) is 1. The van der Waals surface area contributed by atoms with E-state index in [1.807, 2.05) is 11.0 Å². The molecule has 1 aromatic heterocycles. The van der Waals surface area contributed by atoms with E-state index in [2.05, 4.69) is 58.3 Å². The highest BCUT2D eigenvalue weighted by Crippen LogP contribution is 2.17. The van der Waals surface area contributed by atoms with E-state index in [-0.39, 0.29) is 5.91 Å². The predicted molar refractivity (Wildman–Crippen MR) is 104 cm³/mol. The van der Waals surface area contributed by atoms with Gasteiger partial charge in [0.25, 0.3) is 0 Å². The summed E-state index contributed by atoms with van der Waals surface area (Å²) in [4.78, 5) is 25.0. The van der Waals surface area contributed by atoms with Crippen LogP contribution in [0.25, 0.3) is 0 Å². The monoisotopic (exact) mass is 353 g/mol. The molecule has 1 aliphatic rings. The fraction of sp³-hybridized carbons (Fsp3) is 0.450. The molecule has 1 fully saturated rings. The van der Waals surface area contributed by atoms with E-state index in [0.29, 0.717) is 18.9 Å². The minimum atomic E-state index is 0.199. The van der Waals surface area contributed by atoms with E-state index in [1.54, 1.807) is 12.4 Å². The molecule has 3 rings (SSSR count). The summed E-state index contributed by atoms with van der Waals surface area (Å²) >= 11 is 0. The van der Waals surface area contributed by atoms with Gasteiger partial charge in [-0.1, -0.05) is 26.0 Å². The highest BCUT2D eigenvalue weighted by Gasteiger charge is 2.21. The zero-order valence-electron chi connectivity index (χ0n) is 15.6. The maximum atomic E-state index is 12.4. The number of amides is 1. The molecule has 2 heterocycles. The van der Waals surface area contributed by atoms with Crippen molar-refractivity contribution in [2.24, 2.45) is 0 Å². The van der Waals surface area contributed by atoms with Crippen LogP contribution in [-0.2, 0) is 4.79 Å². The molecule has 1 aromatic carbocycles. The SMILES string of the molecule is CC(C)c1ccc(NCCC(=O)N2CCN(c3ncccn3)CC2)cc1. The van der Waals surface area contributed by atoms with E-state index in [1.165, 1.54) is 5.56 Å². The molecular weight excluding hydrogens is 326 g/mol. The molecular formula is C20H27N5O. The van der Waals surface area contributed by atoms with Crippen molar-refractivity contribution in [3.63, 3.8) is 0 Å². The lowest BCUT2D eigenvalue weighted by molar-refractivity contribution is -0.131. The van der Waals surface area contributed by atoms with E-state index in [9.17, 15) is 4.79 Å². The van der Waals surface area contributed by atoms with Gasteiger partial charge in [0.1, 0.15) is 0 Å². The van der Waals surface area contributed by atoms with Crippen LogP contribution in [0.3, 0.4) is 0 Å². The molecule has 0 spiro atoms. The molecule has 1 amide bonds. The van der Waals surface area contributed by atoms with Crippen LogP contribution in [0, 0.1) is 0 Å². The number of hydrogen-bond acceptors (Lipinski definition) is 5. The van der Waals surface area contributed by atoms with Gasteiger partial charge in [-0.05, 0) is 29.7 Å². The molecule has 0 unspecified atom stereocenters. The smallest absolute Gasteiger partial charge is 0.225 e. The second-order valence-electron chi connectivity index (χ2n) is 6.87. The molecule has 0 radical (unpaired) electrons. The van der Waals surface area contributed by atoms with Gasteiger partial charge >= 0.3 is 0 Å². The average Bonchev–Trinajstić information content (AvgIpc) is 2.69. The summed E-state index contributed by atoms with van der Waals surface area (Å²) in [7, 11) is 0. The van der Waals surface area contributed by atoms with Crippen molar-refractivity contribution < 1.29 is 4.79 Å². The standard InChI is InChI=1S/C20H27N5O/c1-16(2)17-4-6-18(7-5-17)21-11-8-19(26)24-12-14-25(15-13-24)20-22-9-3-10-23-20/h3-7,9-10,16,21H,8,11-15H2,1-2H3. The number of piperazine rings is 1. The van der Waals surface area contributed by atoms with Gasteiger partial charge in [0, 0.05) is 57.2 Å². The fourth-order valence-corrected chi connectivity index (χ4v) is 3.07. The van der Waals surface area contributed by atoms with Crippen molar-refractivity contribution in [1.82, 2.24) is 14.9 Å². The van der Waals surface area contributed by atoms with Gasteiger partial charge in [-0.25, -0.2) is 9.97 Å². The van der Waals surface area contributed by atoms with E-state index in [0.717, 1.165) is 37.8 Å². The normalized spacial score (nSPS) is 14.6. The minimum Gasteiger partial charge on any atom is -0.385 e. The van der Waals surface area contributed by atoms with Crippen LogP contribution in [0.1, 0.15) is 31.7 Å². The molecule has 1 N–H and O–H groups in total. The van der Waals surface area contributed by atoms with Crippen molar-refractivity contribution in [2.75, 3.05) is 42.9 Å². The number of carbonyl (C=O) groups is 1.